The number of aromatic nitrogens is 2. The lowest BCUT2D eigenvalue weighted by Crippen LogP contribution is -2.04. The van der Waals surface area contributed by atoms with Crippen molar-refractivity contribution in [3.05, 3.63) is 47.5 Å². The van der Waals surface area contributed by atoms with Crippen LogP contribution in [0.15, 0.2) is 30.5 Å². The Labute approximate surface area is 87.3 Å². The molecule has 1 aromatic heterocycles. The van der Waals surface area contributed by atoms with E-state index in [4.69, 9.17) is 5.73 Å². The van der Waals surface area contributed by atoms with Crippen LogP contribution in [0.25, 0.3) is 0 Å². The molecule has 3 nitrogen and oxygen atoms in total. The van der Waals surface area contributed by atoms with Crippen LogP contribution in [0.4, 0.5) is 10.1 Å². The summed E-state index contributed by atoms with van der Waals surface area (Å²) in [7, 11) is 0. The fourth-order valence-corrected chi connectivity index (χ4v) is 1.44. The predicted molar refractivity (Wildman–Crippen MR) is 56.9 cm³/mol. The fraction of sp³-hybridized carbons (Fsp3) is 0.182. The smallest absolute Gasteiger partial charge is 0.125 e. The molecule has 1 aromatic carbocycles. The van der Waals surface area contributed by atoms with Gasteiger partial charge in [-0.3, -0.25) is 4.68 Å². The summed E-state index contributed by atoms with van der Waals surface area (Å²) < 4.78 is 14.6. The predicted octanol–water partition coefficient (Wildman–Crippen LogP) is 1.96. The Hall–Kier alpha value is -1.84. The van der Waals surface area contributed by atoms with Crippen molar-refractivity contribution in [2.24, 2.45) is 0 Å². The Morgan fingerprint density at radius 2 is 2.20 bits per heavy atom. The highest BCUT2D eigenvalue weighted by Gasteiger charge is 2.02. The Morgan fingerprint density at radius 3 is 2.80 bits per heavy atom. The summed E-state index contributed by atoms with van der Waals surface area (Å²) >= 11 is 0. The van der Waals surface area contributed by atoms with Gasteiger partial charge in [-0.05, 0) is 30.7 Å². The van der Waals surface area contributed by atoms with E-state index in [2.05, 4.69) is 5.10 Å². The van der Waals surface area contributed by atoms with Crippen LogP contribution in [0.2, 0.25) is 0 Å². The third-order valence-corrected chi connectivity index (χ3v) is 2.21. The van der Waals surface area contributed by atoms with Gasteiger partial charge in [-0.25, -0.2) is 4.39 Å². The highest BCUT2D eigenvalue weighted by Crippen LogP contribution is 2.14. The molecule has 0 aliphatic carbocycles. The second-order valence-corrected chi connectivity index (χ2v) is 3.50. The van der Waals surface area contributed by atoms with E-state index in [0.717, 1.165) is 11.3 Å². The van der Waals surface area contributed by atoms with Crippen LogP contribution in [0.3, 0.4) is 0 Å². The molecule has 1 heterocycles. The molecule has 0 radical (unpaired) electrons. The van der Waals surface area contributed by atoms with Gasteiger partial charge < -0.3 is 5.73 Å². The van der Waals surface area contributed by atoms with E-state index in [0.29, 0.717) is 12.2 Å². The van der Waals surface area contributed by atoms with Crippen molar-refractivity contribution in [3.63, 3.8) is 0 Å². The third-order valence-electron chi connectivity index (χ3n) is 2.21. The van der Waals surface area contributed by atoms with Crippen LogP contribution in [0.5, 0.6) is 0 Å². The molecule has 0 amide bonds. The summed E-state index contributed by atoms with van der Waals surface area (Å²) in [4.78, 5) is 0. The normalized spacial score (nSPS) is 10.5. The number of hydrogen-bond donors (Lipinski definition) is 1. The number of anilines is 1. The Bertz CT molecular complexity index is 476. The first kappa shape index (κ1) is 9.71. The summed E-state index contributed by atoms with van der Waals surface area (Å²) in [6, 6.07) is 6.33. The zero-order valence-electron chi connectivity index (χ0n) is 8.44. The van der Waals surface area contributed by atoms with Gasteiger partial charge in [0.2, 0.25) is 0 Å². The monoisotopic (exact) mass is 205 g/mol. The minimum atomic E-state index is -0.312. The van der Waals surface area contributed by atoms with Crippen molar-refractivity contribution in [2.75, 3.05) is 5.73 Å². The van der Waals surface area contributed by atoms with Gasteiger partial charge in [-0.1, -0.05) is 6.07 Å². The van der Waals surface area contributed by atoms with E-state index in [9.17, 15) is 4.39 Å². The van der Waals surface area contributed by atoms with E-state index in [1.165, 1.54) is 12.1 Å². The molecule has 78 valence electrons. The number of aryl methyl sites for hydroxylation is 1. The van der Waals surface area contributed by atoms with Gasteiger partial charge in [0.05, 0.1) is 12.2 Å². The van der Waals surface area contributed by atoms with Gasteiger partial charge >= 0.3 is 0 Å². The van der Waals surface area contributed by atoms with Crippen molar-refractivity contribution >= 4 is 5.69 Å². The number of benzene rings is 1. The number of rotatable bonds is 2. The van der Waals surface area contributed by atoms with E-state index in [-0.39, 0.29) is 5.82 Å². The first-order valence-electron chi connectivity index (χ1n) is 4.69. The molecule has 0 saturated carbocycles. The number of halogens is 1. The summed E-state index contributed by atoms with van der Waals surface area (Å²) in [5, 5.41) is 4.24. The molecule has 0 saturated heterocycles. The SMILES string of the molecule is Cc1ccn(Cc2ccc(F)cc2N)n1. The van der Waals surface area contributed by atoms with E-state index < -0.39 is 0 Å². The van der Waals surface area contributed by atoms with Crippen molar-refractivity contribution < 1.29 is 4.39 Å². The van der Waals surface area contributed by atoms with Crippen LogP contribution >= 0.6 is 0 Å². The minimum Gasteiger partial charge on any atom is -0.398 e. The molecular weight excluding hydrogens is 193 g/mol. The lowest BCUT2D eigenvalue weighted by Gasteiger charge is -2.05. The van der Waals surface area contributed by atoms with E-state index in [1.807, 2.05) is 19.2 Å². The maximum Gasteiger partial charge on any atom is 0.125 e. The average molecular weight is 205 g/mol. The molecule has 0 bridgehead atoms. The molecule has 0 aliphatic heterocycles. The topological polar surface area (TPSA) is 43.8 Å². The molecule has 0 spiro atoms. The van der Waals surface area contributed by atoms with Gasteiger partial charge in [-0.15, -0.1) is 0 Å². The van der Waals surface area contributed by atoms with Crippen molar-refractivity contribution in [2.45, 2.75) is 13.5 Å². The van der Waals surface area contributed by atoms with Crippen LogP contribution < -0.4 is 5.73 Å². The van der Waals surface area contributed by atoms with Gasteiger partial charge in [-0.2, -0.15) is 5.10 Å². The molecule has 4 heteroatoms. The summed E-state index contributed by atoms with van der Waals surface area (Å²) in [6.45, 7) is 2.49. The molecule has 0 aliphatic rings. The van der Waals surface area contributed by atoms with Crippen LogP contribution in [-0.4, -0.2) is 9.78 Å². The first-order chi connectivity index (χ1) is 7.15. The van der Waals surface area contributed by atoms with Crippen LogP contribution in [-0.2, 0) is 6.54 Å². The molecule has 0 fully saturated rings. The standard InChI is InChI=1S/C11H12FN3/c1-8-4-5-15(14-8)7-9-2-3-10(12)6-11(9)13/h2-6H,7,13H2,1H3. The molecule has 0 atom stereocenters. The average Bonchev–Trinajstić information content (AvgIpc) is 2.56. The highest BCUT2D eigenvalue weighted by atomic mass is 19.1. The zero-order chi connectivity index (χ0) is 10.8. The quantitative estimate of drug-likeness (QED) is 0.761. The van der Waals surface area contributed by atoms with Crippen molar-refractivity contribution in [1.29, 1.82) is 0 Å². The molecule has 0 unspecified atom stereocenters. The molecule has 2 N–H and O–H groups in total. The largest absolute Gasteiger partial charge is 0.398 e. The summed E-state index contributed by atoms with van der Waals surface area (Å²) in [5.74, 6) is -0.312. The Kier molecular flexibility index (Phi) is 2.41. The van der Waals surface area contributed by atoms with Crippen LogP contribution in [0, 0.1) is 12.7 Å². The van der Waals surface area contributed by atoms with Gasteiger partial charge in [0.1, 0.15) is 5.82 Å². The lowest BCUT2D eigenvalue weighted by atomic mass is 10.2. The summed E-state index contributed by atoms with van der Waals surface area (Å²) in [5.41, 5.74) is 7.99. The molecule has 2 rings (SSSR count). The molecule has 2 aromatic rings. The van der Waals surface area contributed by atoms with Gasteiger partial charge in [0, 0.05) is 11.9 Å². The fourth-order valence-electron chi connectivity index (χ4n) is 1.44. The lowest BCUT2D eigenvalue weighted by molar-refractivity contribution is 0.625. The maximum atomic E-state index is 12.8. The Balaban J connectivity index is 2.24. The van der Waals surface area contributed by atoms with E-state index in [1.54, 1.807) is 10.7 Å². The van der Waals surface area contributed by atoms with Crippen molar-refractivity contribution in [1.82, 2.24) is 9.78 Å². The molecule has 15 heavy (non-hydrogen) atoms. The third kappa shape index (κ3) is 2.15. The maximum absolute atomic E-state index is 12.8. The highest BCUT2D eigenvalue weighted by molar-refractivity contribution is 5.46. The number of nitrogens with two attached hydrogens (primary N) is 1. The number of nitrogens with zero attached hydrogens (tertiary/aromatic N) is 2. The van der Waals surface area contributed by atoms with Crippen molar-refractivity contribution in [3.8, 4) is 0 Å². The van der Waals surface area contributed by atoms with Crippen LogP contribution in [0.1, 0.15) is 11.3 Å². The number of nitrogen functional groups attached to an aromatic ring is 1. The van der Waals surface area contributed by atoms with Gasteiger partial charge in [0.15, 0.2) is 0 Å². The first-order valence-corrected chi connectivity index (χ1v) is 4.69. The zero-order valence-corrected chi connectivity index (χ0v) is 8.44. The number of hydrogen-bond acceptors (Lipinski definition) is 2. The van der Waals surface area contributed by atoms with Gasteiger partial charge in [0.25, 0.3) is 0 Å². The Morgan fingerprint density at radius 1 is 1.40 bits per heavy atom. The minimum absolute atomic E-state index is 0.312. The summed E-state index contributed by atoms with van der Waals surface area (Å²) in [6.07, 6.45) is 1.87. The molecular formula is C11H12FN3. The second-order valence-electron chi connectivity index (χ2n) is 3.50. The van der Waals surface area contributed by atoms with E-state index >= 15 is 0 Å². The second kappa shape index (κ2) is 3.73.